The highest BCUT2D eigenvalue weighted by atomic mass is 35.5. The lowest BCUT2D eigenvalue weighted by atomic mass is 10.1. The number of amides is 1. The molecular formula is C20H18ClN5O. The average Bonchev–Trinajstić information content (AvgIpc) is 3.26. The standard InChI is InChI=1S/C20H18ClN5O/c1-13-19(24-25-26(13)16-5-3-2-4-6-16)20(27)22-10-9-14-12-23-18-8-7-15(21)11-17(14)18/h2-8,11-12,23H,9-10H2,1H3,(H,22,27). The molecule has 0 fully saturated rings. The van der Waals surface area contributed by atoms with E-state index < -0.39 is 0 Å². The zero-order valence-corrected chi connectivity index (χ0v) is 15.5. The van der Waals surface area contributed by atoms with Crippen LogP contribution >= 0.6 is 11.6 Å². The summed E-state index contributed by atoms with van der Waals surface area (Å²) >= 11 is 6.08. The van der Waals surface area contributed by atoms with Gasteiger partial charge in [0.2, 0.25) is 0 Å². The number of nitrogens with zero attached hydrogens (tertiary/aromatic N) is 3. The minimum atomic E-state index is -0.229. The van der Waals surface area contributed by atoms with Crippen molar-refractivity contribution < 1.29 is 4.79 Å². The summed E-state index contributed by atoms with van der Waals surface area (Å²) in [6.07, 6.45) is 2.64. The number of carbonyl (C=O) groups excluding carboxylic acids is 1. The predicted molar refractivity (Wildman–Crippen MR) is 105 cm³/mol. The first-order chi connectivity index (χ1) is 13.1. The summed E-state index contributed by atoms with van der Waals surface area (Å²) in [5.74, 6) is -0.229. The van der Waals surface area contributed by atoms with E-state index in [1.165, 1.54) is 0 Å². The van der Waals surface area contributed by atoms with Gasteiger partial charge in [-0.2, -0.15) is 0 Å². The molecular weight excluding hydrogens is 362 g/mol. The average molecular weight is 380 g/mol. The van der Waals surface area contributed by atoms with Gasteiger partial charge < -0.3 is 10.3 Å². The Balaban J connectivity index is 1.44. The van der Waals surface area contributed by atoms with Gasteiger partial charge in [0, 0.05) is 28.7 Å². The third kappa shape index (κ3) is 3.44. The van der Waals surface area contributed by atoms with E-state index in [4.69, 9.17) is 11.6 Å². The van der Waals surface area contributed by atoms with Gasteiger partial charge in [-0.3, -0.25) is 4.79 Å². The lowest BCUT2D eigenvalue weighted by Gasteiger charge is -2.05. The summed E-state index contributed by atoms with van der Waals surface area (Å²) in [7, 11) is 0. The van der Waals surface area contributed by atoms with Crippen LogP contribution in [0.15, 0.2) is 54.7 Å². The number of hydrogen-bond acceptors (Lipinski definition) is 3. The van der Waals surface area contributed by atoms with Crippen LogP contribution in [0.3, 0.4) is 0 Å². The van der Waals surface area contributed by atoms with Crippen molar-refractivity contribution in [2.24, 2.45) is 0 Å². The monoisotopic (exact) mass is 379 g/mol. The maximum absolute atomic E-state index is 12.5. The quantitative estimate of drug-likeness (QED) is 0.555. The molecule has 0 saturated heterocycles. The summed E-state index contributed by atoms with van der Waals surface area (Å²) in [4.78, 5) is 15.7. The third-order valence-electron chi connectivity index (χ3n) is 4.52. The van der Waals surface area contributed by atoms with Crippen molar-refractivity contribution in [2.75, 3.05) is 6.54 Å². The van der Waals surface area contributed by atoms with Crippen LogP contribution in [0.5, 0.6) is 0 Å². The number of fused-ring (bicyclic) bond motifs is 1. The number of H-pyrrole nitrogens is 1. The first kappa shape index (κ1) is 17.3. The fourth-order valence-corrected chi connectivity index (χ4v) is 3.28. The molecule has 0 saturated carbocycles. The lowest BCUT2D eigenvalue weighted by molar-refractivity contribution is 0.0948. The molecule has 6 nitrogen and oxygen atoms in total. The molecule has 0 radical (unpaired) electrons. The summed E-state index contributed by atoms with van der Waals surface area (Å²) in [6, 6.07) is 15.3. The van der Waals surface area contributed by atoms with Gasteiger partial charge in [0.1, 0.15) is 0 Å². The zero-order valence-electron chi connectivity index (χ0n) is 14.7. The van der Waals surface area contributed by atoms with Gasteiger partial charge in [-0.15, -0.1) is 5.10 Å². The van der Waals surface area contributed by atoms with E-state index in [-0.39, 0.29) is 5.91 Å². The SMILES string of the molecule is Cc1c(C(=O)NCCc2c[nH]c3ccc(Cl)cc23)nnn1-c1ccccc1. The molecule has 2 aromatic carbocycles. The molecule has 27 heavy (non-hydrogen) atoms. The number of para-hydroxylation sites is 1. The van der Waals surface area contributed by atoms with Crippen LogP contribution in [0.2, 0.25) is 5.02 Å². The van der Waals surface area contributed by atoms with E-state index >= 15 is 0 Å². The molecule has 4 rings (SSSR count). The van der Waals surface area contributed by atoms with Crippen molar-refractivity contribution in [1.29, 1.82) is 0 Å². The molecule has 1 amide bonds. The van der Waals surface area contributed by atoms with Gasteiger partial charge in [0.05, 0.1) is 11.4 Å². The molecule has 0 aliphatic heterocycles. The van der Waals surface area contributed by atoms with Gasteiger partial charge >= 0.3 is 0 Å². The van der Waals surface area contributed by atoms with Crippen LogP contribution in [0.25, 0.3) is 16.6 Å². The molecule has 136 valence electrons. The van der Waals surface area contributed by atoms with E-state index in [0.717, 1.165) is 22.2 Å². The van der Waals surface area contributed by atoms with Crippen molar-refractivity contribution in [2.45, 2.75) is 13.3 Å². The normalized spacial score (nSPS) is 11.0. The van der Waals surface area contributed by atoms with Gasteiger partial charge in [-0.05, 0) is 49.2 Å². The fourth-order valence-electron chi connectivity index (χ4n) is 3.11. The molecule has 0 spiro atoms. The lowest BCUT2D eigenvalue weighted by Crippen LogP contribution is -2.26. The molecule has 0 unspecified atom stereocenters. The van der Waals surface area contributed by atoms with Crippen molar-refractivity contribution in [1.82, 2.24) is 25.3 Å². The highest BCUT2D eigenvalue weighted by molar-refractivity contribution is 6.31. The molecule has 2 aromatic heterocycles. The predicted octanol–water partition coefficient (Wildman–Crippen LogP) is 3.68. The van der Waals surface area contributed by atoms with E-state index in [9.17, 15) is 4.79 Å². The maximum Gasteiger partial charge on any atom is 0.273 e. The smallest absolute Gasteiger partial charge is 0.273 e. The van der Waals surface area contributed by atoms with E-state index in [1.54, 1.807) is 4.68 Å². The Kier molecular flexibility index (Phi) is 4.64. The highest BCUT2D eigenvalue weighted by Gasteiger charge is 2.17. The molecule has 2 N–H and O–H groups in total. The van der Waals surface area contributed by atoms with Gasteiger partial charge in [0.15, 0.2) is 5.69 Å². The van der Waals surface area contributed by atoms with Crippen LogP contribution in [0.1, 0.15) is 21.7 Å². The number of rotatable bonds is 5. The number of carbonyl (C=O) groups is 1. The van der Waals surface area contributed by atoms with Crippen LogP contribution in [-0.2, 0) is 6.42 Å². The summed E-state index contributed by atoms with van der Waals surface area (Å²) in [5, 5.41) is 12.8. The zero-order chi connectivity index (χ0) is 18.8. The van der Waals surface area contributed by atoms with Gasteiger partial charge in [0.25, 0.3) is 5.91 Å². The first-order valence-electron chi connectivity index (χ1n) is 8.65. The first-order valence-corrected chi connectivity index (χ1v) is 9.03. The second-order valence-electron chi connectivity index (χ2n) is 6.28. The molecule has 4 aromatic rings. The Morgan fingerprint density at radius 3 is 2.85 bits per heavy atom. The van der Waals surface area contributed by atoms with E-state index in [2.05, 4.69) is 20.6 Å². The van der Waals surface area contributed by atoms with Crippen molar-refractivity contribution in [3.05, 3.63) is 76.7 Å². The minimum Gasteiger partial charge on any atom is -0.361 e. The number of aromatic nitrogens is 4. The van der Waals surface area contributed by atoms with Gasteiger partial charge in [-0.1, -0.05) is 35.0 Å². The third-order valence-corrected chi connectivity index (χ3v) is 4.75. The second-order valence-corrected chi connectivity index (χ2v) is 6.72. The Labute approximate surface area is 161 Å². The van der Waals surface area contributed by atoms with Crippen LogP contribution in [-0.4, -0.2) is 32.4 Å². The van der Waals surface area contributed by atoms with Crippen molar-refractivity contribution >= 4 is 28.4 Å². The number of halogens is 1. The van der Waals surface area contributed by atoms with Gasteiger partial charge in [-0.25, -0.2) is 4.68 Å². The molecule has 7 heteroatoms. The number of hydrogen-bond donors (Lipinski definition) is 2. The van der Waals surface area contributed by atoms with Crippen molar-refractivity contribution in [3.63, 3.8) is 0 Å². The Hall–Kier alpha value is -3.12. The topological polar surface area (TPSA) is 75.6 Å². The van der Waals surface area contributed by atoms with Crippen molar-refractivity contribution in [3.8, 4) is 5.69 Å². The van der Waals surface area contributed by atoms with Crippen LogP contribution in [0, 0.1) is 6.92 Å². The largest absolute Gasteiger partial charge is 0.361 e. The summed E-state index contributed by atoms with van der Waals surface area (Å²) in [6.45, 7) is 2.33. The number of benzene rings is 2. The minimum absolute atomic E-state index is 0.229. The molecule has 0 aliphatic rings. The second kappa shape index (κ2) is 7.25. The molecule has 2 heterocycles. The molecule has 0 atom stereocenters. The Morgan fingerprint density at radius 1 is 1.22 bits per heavy atom. The van der Waals surface area contributed by atoms with E-state index in [1.807, 2.05) is 61.7 Å². The molecule has 0 bridgehead atoms. The van der Waals surface area contributed by atoms with Crippen LogP contribution in [0.4, 0.5) is 0 Å². The maximum atomic E-state index is 12.5. The molecule has 0 aliphatic carbocycles. The number of aromatic amines is 1. The highest BCUT2D eigenvalue weighted by Crippen LogP contribution is 2.22. The fraction of sp³-hybridized carbons (Fsp3) is 0.150. The summed E-state index contributed by atoms with van der Waals surface area (Å²) in [5.41, 5.74) is 4.05. The van der Waals surface area contributed by atoms with Crippen LogP contribution < -0.4 is 5.32 Å². The Morgan fingerprint density at radius 2 is 2.04 bits per heavy atom. The number of nitrogens with one attached hydrogen (secondary N) is 2. The summed E-state index contributed by atoms with van der Waals surface area (Å²) < 4.78 is 1.66. The Bertz CT molecular complexity index is 1100. The van der Waals surface area contributed by atoms with E-state index in [0.29, 0.717) is 29.4 Å².